The Bertz CT molecular complexity index is 303. The van der Waals surface area contributed by atoms with Crippen LogP contribution in [0.4, 0.5) is 0 Å². The average Bonchev–Trinajstić information content (AvgIpc) is 2.15. The maximum atomic E-state index is 5.97. The zero-order valence-corrected chi connectivity index (χ0v) is 11.5. The molecule has 0 atom stereocenters. The van der Waals surface area contributed by atoms with Crippen LogP contribution in [0.5, 0.6) is 0 Å². The summed E-state index contributed by atoms with van der Waals surface area (Å²) < 4.78 is 3.58. The van der Waals surface area contributed by atoms with Crippen molar-refractivity contribution in [2.75, 3.05) is 0 Å². The van der Waals surface area contributed by atoms with Gasteiger partial charge in [0.1, 0.15) is 13.3 Å². The second kappa shape index (κ2) is 3.46. The maximum Gasteiger partial charge on any atom is 0.147 e. The fraction of sp³-hybridized carbons (Fsp3) is 0.571. The van der Waals surface area contributed by atoms with Crippen molar-refractivity contribution >= 4 is 50.1 Å². The first-order valence-corrected chi connectivity index (χ1v) is 5.69. The molecule has 0 aliphatic heterocycles. The largest absolute Gasteiger partial charge is 0.251 e. The second-order valence-corrected chi connectivity index (χ2v) is 5.63. The van der Waals surface area contributed by atoms with E-state index >= 15 is 0 Å². The van der Waals surface area contributed by atoms with Gasteiger partial charge in [0.05, 0.1) is 5.54 Å². The summed E-state index contributed by atoms with van der Waals surface area (Å²) in [7, 11) is 0. The molecule has 0 N–H and O–H groups in total. The van der Waals surface area contributed by atoms with Gasteiger partial charge in [0, 0.05) is 0 Å². The Labute approximate surface area is 98.9 Å². The molecule has 0 saturated carbocycles. The summed E-state index contributed by atoms with van der Waals surface area (Å²) in [5.74, 6) is 0. The highest BCUT2D eigenvalue weighted by atomic mass is 127. The SMILES string of the molecule is CC(C)(C)n1nc(Br)c(Cl)c1I. The Morgan fingerprint density at radius 2 is 2.00 bits per heavy atom. The molecule has 0 saturated heterocycles. The molecule has 1 rings (SSSR count). The van der Waals surface area contributed by atoms with Crippen LogP contribution in [-0.4, -0.2) is 9.78 Å². The lowest BCUT2D eigenvalue weighted by Crippen LogP contribution is -2.24. The van der Waals surface area contributed by atoms with Crippen molar-refractivity contribution in [2.24, 2.45) is 0 Å². The predicted molar refractivity (Wildman–Crippen MR) is 62.7 cm³/mol. The van der Waals surface area contributed by atoms with E-state index in [1.807, 2.05) is 4.68 Å². The zero-order chi connectivity index (χ0) is 9.52. The van der Waals surface area contributed by atoms with E-state index in [-0.39, 0.29) is 5.54 Å². The zero-order valence-electron chi connectivity index (χ0n) is 7.03. The molecule has 1 heterocycles. The normalized spacial score (nSPS) is 12.2. The number of hydrogen-bond donors (Lipinski definition) is 0. The number of halogens is 3. The Balaban J connectivity index is 3.28. The van der Waals surface area contributed by atoms with Crippen LogP contribution in [0.1, 0.15) is 20.8 Å². The van der Waals surface area contributed by atoms with Gasteiger partial charge in [-0.1, -0.05) is 11.6 Å². The summed E-state index contributed by atoms with van der Waals surface area (Å²) in [5.41, 5.74) is -0.0216. The van der Waals surface area contributed by atoms with Crippen LogP contribution in [0.2, 0.25) is 5.02 Å². The molecule has 1 aromatic rings. The topological polar surface area (TPSA) is 17.8 Å². The van der Waals surface area contributed by atoms with E-state index in [1.165, 1.54) is 0 Å². The van der Waals surface area contributed by atoms with E-state index in [2.05, 4.69) is 64.4 Å². The fourth-order valence-corrected chi connectivity index (χ4v) is 2.72. The molecule has 1 aromatic heterocycles. The smallest absolute Gasteiger partial charge is 0.147 e. The van der Waals surface area contributed by atoms with Crippen LogP contribution < -0.4 is 0 Å². The van der Waals surface area contributed by atoms with Gasteiger partial charge in [0.15, 0.2) is 0 Å². The van der Waals surface area contributed by atoms with Crippen LogP contribution in [0.25, 0.3) is 0 Å². The summed E-state index contributed by atoms with van der Waals surface area (Å²) in [6.45, 7) is 6.26. The number of aromatic nitrogens is 2. The second-order valence-electron chi connectivity index (χ2n) is 3.48. The lowest BCUT2D eigenvalue weighted by molar-refractivity contribution is 0.346. The lowest BCUT2D eigenvalue weighted by Gasteiger charge is -2.20. The van der Waals surface area contributed by atoms with Crippen molar-refractivity contribution in [3.8, 4) is 0 Å². The van der Waals surface area contributed by atoms with E-state index in [9.17, 15) is 0 Å². The van der Waals surface area contributed by atoms with Gasteiger partial charge < -0.3 is 0 Å². The van der Waals surface area contributed by atoms with E-state index < -0.39 is 0 Å². The van der Waals surface area contributed by atoms with Crippen LogP contribution in [0.3, 0.4) is 0 Å². The van der Waals surface area contributed by atoms with Crippen molar-refractivity contribution < 1.29 is 0 Å². The molecule has 12 heavy (non-hydrogen) atoms. The standard InChI is InChI=1S/C7H9BrClIN2/c1-7(2,3)12-6(10)4(9)5(8)11-12/h1-3H3. The van der Waals surface area contributed by atoms with Crippen molar-refractivity contribution in [3.05, 3.63) is 13.3 Å². The van der Waals surface area contributed by atoms with Crippen LogP contribution in [0.15, 0.2) is 4.60 Å². The summed E-state index contributed by atoms with van der Waals surface area (Å²) >= 11 is 11.4. The first-order valence-electron chi connectivity index (χ1n) is 3.44. The summed E-state index contributed by atoms with van der Waals surface area (Å²) in [4.78, 5) is 0. The molecule has 68 valence electrons. The Kier molecular flexibility index (Phi) is 3.11. The lowest BCUT2D eigenvalue weighted by atomic mass is 10.1. The number of rotatable bonds is 0. The van der Waals surface area contributed by atoms with Gasteiger partial charge in [-0.3, -0.25) is 4.68 Å². The first kappa shape index (κ1) is 10.8. The van der Waals surface area contributed by atoms with Crippen LogP contribution >= 0.6 is 50.1 Å². The molecule has 2 nitrogen and oxygen atoms in total. The maximum absolute atomic E-state index is 5.97. The molecule has 0 amide bonds. The highest BCUT2D eigenvalue weighted by Gasteiger charge is 2.21. The molecule has 0 radical (unpaired) electrons. The van der Waals surface area contributed by atoms with Gasteiger partial charge in [-0.15, -0.1) is 0 Å². The van der Waals surface area contributed by atoms with E-state index in [1.54, 1.807) is 0 Å². The molecule has 0 fully saturated rings. The number of hydrogen-bond acceptors (Lipinski definition) is 1. The summed E-state index contributed by atoms with van der Waals surface area (Å²) in [5, 5.41) is 4.96. The third kappa shape index (κ3) is 1.96. The Hall–Kier alpha value is 0.710. The van der Waals surface area contributed by atoms with Crippen molar-refractivity contribution in [2.45, 2.75) is 26.3 Å². The predicted octanol–water partition coefficient (Wildman–Crippen LogP) is 3.66. The van der Waals surface area contributed by atoms with Crippen molar-refractivity contribution in [1.29, 1.82) is 0 Å². The van der Waals surface area contributed by atoms with Gasteiger partial charge in [-0.2, -0.15) is 5.10 Å². The summed E-state index contributed by atoms with van der Waals surface area (Å²) in [6, 6.07) is 0. The minimum Gasteiger partial charge on any atom is -0.251 e. The monoisotopic (exact) mass is 362 g/mol. The van der Waals surface area contributed by atoms with E-state index in [0.29, 0.717) is 9.63 Å². The molecule has 0 aliphatic carbocycles. The fourth-order valence-electron chi connectivity index (χ4n) is 0.798. The molecule has 0 bridgehead atoms. The summed E-state index contributed by atoms with van der Waals surface area (Å²) in [6.07, 6.45) is 0. The quantitative estimate of drug-likeness (QED) is 0.644. The van der Waals surface area contributed by atoms with E-state index in [4.69, 9.17) is 11.6 Å². The van der Waals surface area contributed by atoms with Crippen LogP contribution in [0, 0.1) is 3.70 Å². The van der Waals surface area contributed by atoms with Gasteiger partial charge in [0.25, 0.3) is 0 Å². The average molecular weight is 363 g/mol. The third-order valence-corrected chi connectivity index (χ3v) is 3.83. The van der Waals surface area contributed by atoms with Gasteiger partial charge >= 0.3 is 0 Å². The van der Waals surface area contributed by atoms with Gasteiger partial charge in [-0.25, -0.2) is 0 Å². The molecular formula is C7H9BrClIN2. The molecule has 0 unspecified atom stereocenters. The molecule has 0 aromatic carbocycles. The Morgan fingerprint density at radius 3 is 2.17 bits per heavy atom. The van der Waals surface area contributed by atoms with Crippen molar-refractivity contribution in [3.63, 3.8) is 0 Å². The highest BCUT2D eigenvalue weighted by Crippen LogP contribution is 2.30. The molecule has 0 aliphatic rings. The van der Waals surface area contributed by atoms with Crippen LogP contribution in [-0.2, 0) is 5.54 Å². The molecule has 5 heteroatoms. The minimum absolute atomic E-state index is 0.0216. The molecule has 0 spiro atoms. The Morgan fingerprint density at radius 1 is 1.50 bits per heavy atom. The molecular weight excluding hydrogens is 354 g/mol. The number of nitrogens with zero attached hydrogens (tertiary/aromatic N) is 2. The van der Waals surface area contributed by atoms with E-state index in [0.717, 1.165) is 3.70 Å². The highest BCUT2D eigenvalue weighted by molar-refractivity contribution is 14.1. The van der Waals surface area contributed by atoms with Crippen molar-refractivity contribution in [1.82, 2.24) is 9.78 Å². The van der Waals surface area contributed by atoms with Gasteiger partial charge in [0.2, 0.25) is 0 Å². The third-order valence-electron chi connectivity index (χ3n) is 1.37. The minimum atomic E-state index is -0.0216. The first-order chi connectivity index (χ1) is 5.34. The van der Waals surface area contributed by atoms with Gasteiger partial charge in [-0.05, 0) is 59.3 Å².